The van der Waals surface area contributed by atoms with Crippen molar-refractivity contribution in [3.8, 4) is 0 Å². The van der Waals surface area contributed by atoms with E-state index in [-0.39, 0.29) is 0 Å². The Labute approximate surface area is 134 Å². The van der Waals surface area contributed by atoms with Crippen LogP contribution in [-0.2, 0) is 0 Å². The highest BCUT2D eigenvalue weighted by molar-refractivity contribution is 6.31. The first-order valence-corrected chi connectivity index (χ1v) is 7.39. The van der Waals surface area contributed by atoms with E-state index in [9.17, 15) is 0 Å². The van der Waals surface area contributed by atoms with Crippen molar-refractivity contribution in [2.45, 2.75) is 6.92 Å². The van der Waals surface area contributed by atoms with Gasteiger partial charge in [0, 0.05) is 21.3 Å². The summed E-state index contributed by atoms with van der Waals surface area (Å²) in [4.78, 5) is 0. The Kier molecular flexibility index (Phi) is 3.95. The third-order valence-electron chi connectivity index (χ3n) is 3.33. The Morgan fingerprint density at radius 2 is 1.81 bits per heavy atom. The molecule has 0 bridgehead atoms. The van der Waals surface area contributed by atoms with Crippen LogP contribution in [0.5, 0.6) is 0 Å². The molecule has 0 atom stereocenters. The molecule has 21 heavy (non-hydrogen) atoms. The zero-order valence-corrected chi connectivity index (χ0v) is 13.0. The molecular formula is C16H15Cl2N3. The van der Waals surface area contributed by atoms with Crippen LogP contribution in [0.25, 0.3) is 5.70 Å². The maximum atomic E-state index is 6.03. The summed E-state index contributed by atoms with van der Waals surface area (Å²) in [6, 6.07) is 15.5. The highest BCUT2D eigenvalue weighted by Gasteiger charge is 2.21. The third-order valence-corrected chi connectivity index (χ3v) is 3.82. The lowest BCUT2D eigenvalue weighted by Crippen LogP contribution is -2.29. The van der Waals surface area contributed by atoms with Crippen LogP contribution in [0.2, 0.25) is 10.0 Å². The molecule has 0 radical (unpaired) electrons. The van der Waals surface area contributed by atoms with Crippen LogP contribution in [0, 0.1) is 0 Å². The number of halogens is 2. The first-order chi connectivity index (χ1) is 10.1. The van der Waals surface area contributed by atoms with E-state index >= 15 is 0 Å². The number of nitrogens with one attached hydrogen (secondary N) is 2. The summed E-state index contributed by atoms with van der Waals surface area (Å²) in [5, 5.41) is 6.85. The molecule has 0 fully saturated rings. The molecule has 0 amide bonds. The maximum absolute atomic E-state index is 6.03. The van der Waals surface area contributed by atoms with Crippen LogP contribution < -0.4 is 10.7 Å². The van der Waals surface area contributed by atoms with E-state index in [0.717, 1.165) is 27.7 Å². The van der Waals surface area contributed by atoms with Gasteiger partial charge in [-0.2, -0.15) is 0 Å². The monoisotopic (exact) mass is 319 g/mol. The molecule has 1 aliphatic heterocycles. The minimum atomic E-state index is 0.691. The minimum absolute atomic E-state index is 0.691. The maximum Gasteiger partial charge on any atom is 0.108 e. The fraction of sp³-hybridized carbons (Fsp3) is 0.125. The first kappa shape index (κ1) is 14.1. The molecule has 0 unspecified atom stereocenters. The predicted octanol–water partition coefficient (Wildman–Crippen LogP) is 4.57. The summed E-state index contributed by atoms with van der Waals surface area (Å²) in [6.07, 6.45) is 0. The van der Waals surface area contributed by atoms with Crippen LogP contribution in [0.15, 0.2) is 54.2 Å². The lowest BCUT2D eigenvalue weighted by atomic mass is 10.1. The Balaban J connectivity index is 1.87. The summed E-state index contributed by atoms with van der Waals surface area (Å²) in [7, 11) is 0. The SMILES string of the molecule is CC1=C(c2ccc(Cl)cc2)N(Nc2cccc(Cl)c2)CN1. The van der Waals surface area contributed by atoms with Gasteiger partial charge in [0.15, 0.2) is 0 Å². The van der Waals surface area contributed by atoms with E-state index in [0.29, 0.717) is 11.7 Å². The number of anilines is 1. The van der Waals surface area contributed by atoms with Crippen molar-refractivity contribution in [1.29, 1.82) is 0 Å². The van der Waals surface area contributed by atoms with Gasteiger partial charge in [-0.15, -0.1) is 0 Å². The van der Waals surface area contributed by atoms with Crippen LogP contribution in [0.3, 0.4) is 0 Å². The molecule has 0 spiro atoms. The molecule has 0 saturated heterocycles. The summed E-state index contributed by atoms with van der Waals surface area (Å²) in [5.74, 6) is 0. The van der Waals surface area contributed by atoms with Gasteiger partial charge in [-0.25, -0.2) is 0 Å². The van der Waals surface area contributed by atoms with Gasteiger partial charge in [0.25, 0.3) is 0 Å². The number of hydrazine groups is 1. The highest BCUT2D eigenvalue weighted by Crippen LogP contribution is 2.28. The van der Waals surface area contributed by atoms with Gasteiger partial charge in [0.05, 0.1) is 11.4 Å². The molecule has 3 nitrogen and oxygen atoms in total. The molecule has 2 aromatic carbocycles. The number of allylic oxidation sites excluding steroid dienone is 1. The highest BCUT2D eigenvalue weighted by atomic mass is 35.5. The van der Waals surface area contributed by atoms with E-state index in [4.69, 9.17) is 23.2 Å². The van der Waals surface area contributed by atoms with Crippen LogP contribution >= 0.6 is 23.2 Å². The van der Waals surface area contributed by atoms with Gasteiger partial charge in [-0.05, 0) is 37.3 Å². The average Bonchev–Trinajstić information content (AvgIpc) is 2.81. The van der Waals surface area contributed by atoms with E-state index in [1.165, 1.54) is 0 Å². The number of hydrogen-bond acceptors (Lipinski definition) is 3. The molecule has 0 saturated carbocycles. The molecule has 2 aromatic rings. The quantitative estimate of drug-likeness (QED) is 0.867. The Morgan fingerprint density at radius 1 is 1.05 bits per heavy atom. The molecule has 3 rings (SSSR count). The van der Waals surface area contributed by atoms with Gasteiger partial charge < -0.3 is 5.32 Å². The molecule has 2 N–H and O–H groups in total. The summed E-state index contributed by atoms with van der Waals surface area (Å²) >= 11 is 12.0. The van der Waals surface area contributed by atoms with Crippen molar-refractivity contribution in [2.24, 2.45) is 0 Å². The molecular weight excluding hydrogens is 305 g/mol. The number of benzene rings is 2. The topological polar surface area (TPSA) is 27.3 Å². The zero-order valence-electron chi connectivity index (χ0n) is 11.5. The first-order valence-electron chi connectivity index (χ1n) is 6.64. The van der Waals surface area contributed by atoms with Crippen molar-refractivity contribution in [1.82, 2.24) is 10.3 Å². The van der Waals surface area contributed by atoms with Gasteiger partial charge in [-0.1, -0.05) is 41.4 Å². The standard InChI is InChI=1S/C16H15Cl2N3/c1-11-16(12-5-7-13(17)8-6-12)21(10-19-11)20-15-4-2-3-14(18)9-15/h2-9,19-20H,10H2,1H3. The van der Waals surface area contributed by atoms with Crippen molar-refractivity contribution < 1.29 is 0 Å². The fourth-order valence-corrected chi connectivity index (χ4v) is 2.67. The lowest BCUT2D eigenvalue weighted by molar-refractivity contribution is 0.483. The van der Waals surface area contributed by atoms with Crippen LogP contribution in [0.4, 0.5) is 5.69 Å². The van der Waals surface area contributed by atoms with E-state index in [1.807, 2.05) is 48.5 Å². The normalized spacial score (nSPS) is 14.3. The molecule has 0 aromatic heterocycles. The second-order valence-corrected chi connectivity index (χ2v) is 5.74. The van der Waals surface area contributed by atoms with Crippen molar-refractivity contribution in [3.05, 3.63) is 69.8 Å². The molecule has 0 aliphatic carbocycles. The van der Waals surface area contributed by atoms with E-state index < -0.39 is 0 Å². The van der Waals surface area contributed by atoms with Crippen molar-refractivity contribution >= 4 is 34.6 Å². The Bertz CT molecular complexity index is 680. The van der Waals surface area contributed by atoms with E-state index in [2.05, 4.69) is 22.7 Å². The molecule has 5 heteroatoms. The van der Waals surface area contributed by atoms with Crippen LogP contribution in [-0.4, -0.2) is 11.7 Å². The second-order valence-electron chi connectivity index (χ2n) is 4.87. The van der Waals surface area contributed by atoms with Gasteiger partial charge >= 0.3 is 0 Å². The Hall–Kier alpha value is -1.84. The van der Waals surface area contributed by atoms with Gasteiger partial charge in [0.2, 0.25) is 0 Å². The lowest BCUT2D eigenvalue weighted by Gasteiger charge is -2.23. The van der Waals surface area contributed by atoms with Crippen molar-refractivity contribution in [2.75, 3.05) is 12.1 Å². The van der Waals surface area contributed by atoms with Gasteiger partial charge in [0.1, 0.15) is 6.67 Å². The minimum Gasteiger partial charge on any atom is -0.368 e. The number of hydrogen-bond donors (Lipinski definition) is 2. The predicted molar refractivity (Wildman–Crippen MR) is 89.0 cm³/mol. The fourth-order valence-electron chi connectivity index (χ4n) is 2.35. The molecule has 1 heterocycles. The van der Waals surface area contributed by atoms with E-state index in [1.54, 1.807) is 0 Å². The van der Waals surface area contributed by atoms with Crippen LogP contribution in [0.1, 0.15) is 12.5 Å². The summed E-state index contributed by atoms with van der Waals surface area (Å²) in [6.45, 7) is 2.75. The summed E-state index contributed by atoms with van der Waals surface area (Å²) < 4.78 is 0. The average molecular weight is 320 g/mol. The Morgan fingerprint density at radius 3 is 2.52 bits per heavy atom. The zero-order chi connectivity index (χ0) is 14.8. The third kappa shape index (κ3) is 3.09. The van der Waals surface area contributed by atoms with Gasteiger partial charge in [-0.3, -0.25) is 10.4 Å². The second kappa shape index (κ2) is 5.88. The molecule has 108 valence electrons. The number of rotatable bonds is 3. The summed E-state index contributed by atoms with van der Waals surface area (Å²) in [5.41, 5.74) is 7.65. The van der Waals surface area contributed by atoms with Crippen molar-refractivity contribution in [3.63, 3.8) is 0 Å². The molecule has 1 aliphatic rings. The number of nitrogens with zero attached hydrogens (tertiary/aromatic N) is 1. The smallest absolute Gasteiger partial charge is 0.108 e. The largest absolute Gasteiger partial charge is 0.368 e.